The van der Waals surface area contributed by atoms with Crippen molar-refractivity contribution < 1.29 is 0 Å². The highest BCUT2D eigenvalue weighted by molar-refractivity contribution is 5.86. The number of nitrogens with zero attached hydrogens (tertiary/aromatic N) is 2. The normalized spacial score (nSPS) is 13.2. The molecule has 1 aliphatic rings. The van der Waals surface area contributed by atoms with Gasteiger partial charge in [0.15, 0.2) is 0 Å². The number of aryl methyl sites for hydroxylation is 1. The third-order valence-corrected chi connectivity index (χ3v) is 6.53. The Kier molecular flexibility index (Phi) is 5.42. The first kappa shape index (κ1) is 19.7. The molecule has 5 rings (SSSR count). The molecule has 3 heteroatoms. The molecule has 0 amide bonds. The molecule has 0 saturated carbocycles. The average Bonchev–Trinajstić information content (AvgIpc) is 3.13. The lowest BCUT2D eigenvalue weighted by Gasteiger charge is -2.18. The van der Waals surface area contributed by atoms with Crippen LogP contribution in [0.4, 0.5) is 11.4 Å². The molecule has 2 heterocycles. The third kappa shape index (κ3) is 3.93. The van der Waals surface area contributed by atoms with Gasteiger partial charge in [0.25, 0.3) is 0 Å². The fourth-order valence-electron chi connectivity index (χ4n) is 4.91. The van der Waals surface area contributed by atoms with E-state index < -0.39 is 0 Å². The number of fused-ring (bicyclic) bond motifs is 3. The second-order valence-electron chi connectivity index (χ2n) is 8.80. The third-order valence-electron chi connectivity index (χ3n) is 6.53. The van der Waals surface area contributed by atoms with E-state index in [2.05, 4.69) is 102 Å². The summed E-state index contributed by atoms with van der Waals surface area (Å²) in [5.74, 6) is 0. The van der Waals surface area contributed by atoms with Crippen LogP contribution in [0.15, 0.2) is 72.8 Å². The second-order valence-corrected chi connectivity index (χ2v) is 8.80. The molecule has 0 aliphatic carbocycles. The summed E-state index contributed by atoms with van der Waals surface area (Å²) in [6, 6.07) is 26.5. The zero-order valence-corrected chi connectivity index (χ0v) is 18.6. The fraction of sp³-hybridized carbons (Fsp3) is 0.286. The molecule has 0 fully saturated rings. The van der Waals surface area contributed by atoms with Crippen LogP contribution in [-0.2, 0) is 25.9 Å². The maximum atomic E-state index is 3.71. The summed E-state index contributed by atoms with van der Waals surface area (Å²) in [4.78, 5) is 2.15. The van der Waals surface area contributed by atoms with Crippen molar-refractivity contribution in [2.75, 3.05) is 24.3 Å². The molecule has 4 aromatic rings. The Labute approximate surface area is 185 Å². The molecule has 1 N–H and O–H groups in total. The molecule has 0 radical (unpaired) electrons. The number of hydrogen-bond acceptors (Lipinski definition) is 2. The van der Waals surface area contributed by atoms with E-state index in [0.29, 0.717) is 0 Å². The number of benzene rings is 3. The zero-order valence-electron chi connectivity index (χ0n) is 18.6. The topological polar surface area (TPSA) is 20.2 Å². The molecule has 1 aromatic heterocycles. The smallest absolute Gasteiger partial charge is 0.0485 e. The minimum Gasteiger partial charge on any atom is -0.381 e. The van der Waals surface area contributed by atoms with Crippen LogP contribution >= 0.6 is 0 Å². The summed E-state index contributed by atoms with van der Waals surface area (Å²) in [5, 5.41) is 5.13. The largest absolute Gasteiger partial charge is 0.381 e. The van der Waals surface area contributed by atoms with Crippen molar-refractivity contribution in [1.29, 1.82) is 0 Å². The molecule has 0 saturated heterocycles. The SMILES string of the molecule is CN(C)c1cccc(CNc2ccccc2Cc2c3n(c4ccccc24)CCCC3)c1. The van der Waals surface area contributed by atoms with Crippen molar-refractivity contribution in [2.45, 2.75) is 38.8 Å². The first-order chi connectivity index (χ1) is 15.2. The highest BCUT2D eigenvalue weighted by atomic mass is 15.1. The number of hydrogen-bond donors (Lipinski definition) is 1. The van der Waals surface area contributed by atoms with E-state index in [1.165, 1.54) is 58.2 Å². The average molecular weight is 410 g/mol. The Balaban J connectivity index is 1.44. The van der Waals surface area contributed by atoms with Gasteiger partial charge in [-0.1, -0.05) is 48.5 Å². The monoisotopic (exact) mass is 409 g/mol. The van der Waals surface area contributed by atoms with Crippen LogP contribution in [0, 0.1) is 0 Å². The van der Waals surface area contributed by atoms with Crippen molar-refractivity contribution in [3.05, 3.63) is 95.2 Å². The Morgan fingerprint density at radius 3 is 2.65 bits per heavy atom. The van der Waals surface area contributed by atoms with Crippen molar-refractivity contribution in [3.8, 4) is 0 Å². The summed E-state index contributed by atoms with van der Waals surface area (Å²) >= 11 is 0. The maximum Gasteiger partial charge on any atom is 0.0485 e. The molecule has 1 aliphatic heterocycles. The second kappa shape index (κ2) is 8.50. The molecule has 158 valence electrons. The van der Waals surface area contributed by atoms with Gasteiger partial charge in [-0.25, -0.2) is 0 Å². The van der Waals surface area contributed by atoms with E-state index in [1.54, 1.807) is 5.69 Å². The summed E-state index contributed by atoms with van der Waals surface area (Å²) in [7, 11) is 4.18. The van der Waals surface area contributed by atoms with E-state index in [1.807, 2.05) is 0 Å². The van der Waals surface area contributed by atoms with Crippen LogP contribution in [0.1, 0.15) is 35.2 Å². The van der Waals surface area contributed by atoms with E-state index in [-0.39, 0.29) is 0 Å². The van der Waals surface area contributed by atoms with Gasteiger partial charge in [0.1, 0.15) is 0 Å². The van der Waals surface area contributed by atoms with E-state index in [9.17, 15) is 0 Å². The minimum absolute atomic E-state index is 0.827. The Hall–Kier alpha value is -3.20. The van der Waals surface area contributed by atoms with Crippen molar-refractivity contribution in [1.82, 2.24) is 4.57 Å². The first-order valence-electron chi connectivity index (χ1n) is 11.4. The van der Waals surface area contributed by atoms with Crippen LogP contribution in [0.25, 0.3) is 10.9 Å². The van der Waals surface area contributed by atoms with Gasteiger partial charge in [-0.3, -0.25) is 0 Å². The standard InChI is InChI=1S/C28H31N3/c1-30(2)23-12-9-10-21(18-23)20-29-26-14-5-3-11-22(26)19-25-24-13-4-6-15-27(24)31-17-8-7-16-28(25)31/h3-6,9-15,18,29H,7-8,16-17,19-20H2,1-2H3. The van der Waals surface area contributed by atoms with Gasteiger partial charge in [0, 0.05) is 61.6 Å². The number of rotatable bonds is 6. The van der Waals surface area contributed by atoms with Crippen LogP contribution in [0.5, 0.6) is 0 Å². The quantitative estimate of drug-likeness (QED) is 0.406. The van der Waals surface area contributed by atoms with Crippen LogP contribution in [-0.4, -0.2) is 18.7 Å². The highest BCUT2D eigenvalue weighted by Crippen LogP contribution is 2.33. The summed E-state index contributed by atoms with van der Waals surface area (Å²) in [6.45, 7) is 1.98. The molecule has 0 spiro atoms. The Morgan fingerprint density at radius 2 is 1.74 bits per heavy atom. The summed E-state index contributed by atoms with van der Waals surface area (Å²) in [6.07, 6.45) is 4.75. The zero-order chi connectivity index (χ0) is 21.2. The molecule has 3 aromatic carbocycles. The van der Waals surface area contributed by atoms with E-state index in [4.69, 9.17) is 0 Å². The van der Waals surface area contributed by atoms with E-state index >= 15 is 0 Å². The molecule has 0 atom stereocenters. The van der Waals surface area contributed by atoms with Gasteiger partial charge in [0.05, 0.1) is 0 Å². The fourth-order valence-corrected chi connectivity index (χ4v) is 4.91. The Bertz CT molecular complexity index is 1200. The van der Waals surface area contributed by atoms with E-state index in [0.717, 1.165) is 19.5 Å². The predicted octanol–water partition coefficient (Wildman–Crippen LogP) is 6.25. The molecular weight excluding hydrogens is 378 g/mol. The number of para-hydroxylation sites is 2. The Morgan fingerprint density at radius 1 is 0.903 bits per heavy atom. The number of aromatic nitrogens is 1. The number of nitrogens with one attached hydrogen (secondary N) is 1. The van der Waals surface area contributed by atoms with Gasteiger partial charge < -0.3 is 14.8 Å². The molecular formula is C28H31N3. The lowest BCUT2D eigenvalue weighted by Crippen LogP contribution is -2.11. The first-order valence-corrected chi connectivity index (χ1v) is 11.4. The lowest BCUT2D eigenvalue weighted by molar-refractivity contribution is 0.541. The van der Waals surface area contributed by atoms with Gasteiger partial charge in [0.2, 0.25) is 0 Å². The van der Waals surface area contributed by atoms with Crippen molar-refractivity contribution >= 4 is 22.3 Å². The lowest BCUT2D eigenvalue weighted by atomic mass is 9.97. The summed E-state index contributed by atoms with van der Waals surface area (Å²) < 4.78 is 2.57. The molecule has 0 bridgehead atoms. The van der Waals surface area contributed by atoms with Gasteiger partial charge >= 0.3 is 0 Å². The maximum absolute atomic E-state index is 3.71. The van der Waals surface area contributed by atoms with Crippen molar-refractivity contribution in [3.63, 3.8) is 0 Å². The van der Waals surface area contributed by atoms with Crippen LogP contribution < -0.4 is 10.2 Å². The van der Waals surface area contributed by atoms with Gasteiger partial charge in [-0.05, 0) is 60.2 Å². The van der Waals surface area contributed by atoms with Gasteiger partial charge in [-0.15, -0.1) is 0 Å². The van der Waals surface area contributed by atoms with Crippen molar-refractivity contribution in [2.24, 2.45) is 0 Å². The van der Waals surface area contributed by atoms with Gasteiger partial charge in [-0.2, -0.15) is 0 Å². The number of anilines is 2. The summed E-state index contributed by atoms with van der Waals surface area (Å²) in [5.41, 5.74) is 9.60. The predicted molar refractivity (Wildman–Crippen MR) is 132 cm³/mol. The van der Waals surface area contributed by atoms with Crippen LogP contribution in [0.3, 0.4) is 0 Å². The highest BCUT2D eigenvalue weighted by Gasteiger charge is 2.20. The minimum atomic E-state index is 0.827. The molecule has 3 nitrogen and oxygen atoms in total. The molecule has 0 unspecified atom stereocenters. The van der Waals surface area contributed by atoms with Crippen LogP contribution in [0.2, 0.25) is 0 Å². The molecule has 31 heavy (non-hydrogen) atoms.